The molecule has 0 bridgehead atoms. The zero-order chi connectivity index (χ0) is 41.6. The van der Waals surface area contributed by atoms with Crippen molar-refractivity contribution < 1.29 is 68.7 Å². The summed E-state index contributed by atoms with van der Waals surface area (Å²) in [6.45, 7) is 5.03. The summed E-state index contributed by atoms with van der Waals surface area (Å²) in [6.07, 6.45) is -10.9. The monoisotopic (exact) mass is 773 g/mol. The third-order valence-electron chi connectivity index (χ3n) is 9.15. The molecule has 0 aromatic heterocycles. The molecule has 6 amide bonds. The van der Waals surface area contributed by atoms with Crippen LogP contribution < -0.4 is 38.1 Å². The van der Waals surface area contributed by atoms with Gasteiger partial charge in [0.1, 0.15) is 36.1 Å². The minimum atomic E-state index is -2.43. The summed E-state index contributed by atoms with van der Waals surface area (Å²) in [6, 6.07) is -6.06. The Morgan fingerprint density at radius 3 is 1.94 bits per heavy atom. The van der Waals surface area contributed by atoms with Crippen LogP contribution >= 0.6 is 0 Å². The number of carbonyl (C=O) groups is 9. The Labute approximate surface area is 311 Å². The first-order valence-corrected chi connectivity index (χ1v) is 17.4. The zero-order valence-corrected chi connectivity index (χ0v) is 30.9. The number of amides is 6. The molecule has 0 aliphatic carbocycles. The molecule has 1 rings (SSSR count). The van der Waals surface area contributed by atoms with Gasteiger partial charge in [-0.25, -0.2) is 0 Å². The summed E-state index contributed by atoms with van der Waals surface area (Å²) in [4.78, 5) is 117. The van der Waals surface area contributed by atoms with Crippen LogP contribution in [0.4, 0.5) is 0 Å². The van der Waals surface area contributed by atoms with Crippen LogP contribution in [0.2, 0.25) is 0 Å². The Kier molecular flexibility index (Phi) is 19.5. The minimum absolute atomic E-state index is 0.490. The van der Waals surface area contributed by atoms with E-state index in [1.54, 1.807) is 6.92 Å². The third-order valence-corrected chi connectivity index (χ3v) is 9.15. The number of nitrogens with one attached hydrogen (secondary N) is 5. The molecule has 1 saturated heterocycles. The van der Waals surface area contributed by atoms with Crippen molar-refractivity contribution >= 4 is 52.8 Å². The highest BCUT2D eigenvalue weighted by Crippen LogP contribution is 2.21. The van der Waals surface area contributed by atoms with Crippen molar-refractivity contribution in [1.29, 1.82) is 0 Å². The molecule has 21 heteroatoms. The van der Waals surface area contributed by atoms with Crippen molar-refractivity contribution in [2.45, 2.75) is 109 Å². The Morgan fingerprint density at radius 1 is 0.833 bits per heavy atom. The number of nitrogens with two attached hydrogens (primary N) is 2. The second kappa shape index (κ2) is 22.1. The van der Waals surface area contributed by atoms with E-state index >= 15 is 0 Å². The van der Waals surface area contributed by atoms with Crippen LogP contribution in [-0.4, -0.2) is 147 Å². The van der Waals surface area contributed by atoms with Gasteiger partial charge in [-0.05, 0) is 26.2 Å². The highest BCUT2D eigenvalue weighted by Gasteiger charge is 2.41. The second-order valence-corrected chi connectivity index (χ2v) is 13.9. The van der Waals surface area contributed by atoms with Gasteiger partial charge >= 0.3 is 0 Å². The Balaban J connectivity index is 3.64. The SMILES string of the molecule is CC(C)C1CC(=O)C(CO)CC(=O)C(CNC(=O)C(C)C(C)N)NC(=O)CNC(=O)C(O)CCC(=O)C(C(C)O)NC(=O)C(C(O)C(O)C(N)=O)NC1=O. The van der Waals surface area contributed by atoms with Gasteiger partial charge in [-0.15, -0.1) is 0 Å². The predicted molar refractivity (Wildman–Crippen MR) is 186 cm³/mol. The zero-order valence-electron chi connectivity index (χ0n) is 30.9. The number of rotatable bonds is 10. The number of carbonyl (C=O) groups excluding carboxylic acids is 9. The molecule has 1 aliphatic heterocycles. The summed E-state index contributed by atoms with van der Waals surface area (Å²) < 4.78 is 0. The maximum atomic E-state index is 13.6. The van der Waals surface area contributed by atoms with Gasteiger partial charge in [0.05, 0.1) is 19.3 Å². The molecule has 11 unspecified atom stereocenters. The largest absolute Gasteiger partial charge is 0.396 e. The smallest absolute Gasteiger partial charge is 0.249 e. The Bertz CT molecular complexity index is 1390. The molecule has 306 valence electrons. The van der Waals surface area contributed by atoms with Gasteiger partial charge in [0.25, 0.3) is 0 Å². The van der Waals surface area contributed by atoms with Crippen molar-refractivity contribution in [1.82, 2.24) is 26.6 Å². The average Bonchev–Trinajstić information content (AvgIpc) is 3.10. The van der Waals surface area contributed by atoms with E-state index in [0.29, 0.717) is 0 Å². The normalized spacial score (nSPS) is 27.8. The molecule has 0 aromatic rings. The topological polar surface area (TPSA) is 367 Å². The van der Waals surface area contributed by atoms with Crippen LogP contribution in [0.25, 0.3) is 0 Å². The van der Waals surface area contributed by atoms with Crippen molar-refractivity contribution in [2.24, 2.45) is 35.1 Å². The van der Waals surface area contributed by atoms with E-state index in [4.69, 9.17) is 11.5 Å². The van der Waals surface area contributed by atoms with Gasteiger partial charge in [-0.2, -0.15) is 0 Å². The molecule has 11 atom stereocenters. The number of aliphatic hydroxyl groups is 5. The van der Waals surface area contributed by atoms with Gasteiger partial charge in [0.15, 0.2) is 17.7 Å². The maximum Gasteiger partial charge on any atom is 0.249 e. The minimum Gasteiger partial charge on any atom is -0.396 e. The number of primary amides is 1. The molecule has 1 aliphatic rings. The summed E-state index contributed by atoms with van der Waals surface area (Å²) in [5.74, 6) is -13.4. The molecular weight excluding hydrogens is 718 g/mol. The van der Waals surface area contributed by atoms with Crippen molar-refractivity contribution in [2.75, 3.05) is 19.7 Å². The fraction of sp³-hybridized carbons (Fsp3) is 0.727. The first-order chi connectivity index (χ1) is 25.0. The molecule has 21 nitrogen and oxygen atoms in total. The molecular formula is C33H55N7O14. The van der Waals surface area contributed by atoms with Crippen molar-refractivity contribution in [3.63, 3.8) is 0 Å². The molecule has 1 fully saturated rings. The van der Waals surface area contributed by atoms with Crippen LogP contribution in [0.15, 0.2) is 0 Å². The quantitative estimate of drug-likeness (QED) is 0.0983. The fourth-order valence-electron chi connectivity index (χ4n) is 5.25. The standard InChI is InChI=1S/C33H55N7O14/c1-13(2)18-9-22(45)17(12-41)8-23(46)19(10-36-30(51)14(3)15(4)34)38-24(47)11-37-32(53)21(44)7-6-20(43)25(16(5)42)39-33(54)26(40-31(18)52)27(48)28(49)29(35)50/h13-19,21,25-28,41-42,44,48-49H,6-12,34H2,1-5H3,(H2,35,50)(H,36,51)(H,37,53)(H,38,47)(H,39,54)(H,40,52). The lowest BCUT2D eigenvalue weighted by atomic mass is 9.84. The van der Waals surface area contributed by atoms with E-state index < -0.39 is 170 Å². The van der Waals surface area contributed by atoms with E-state index in [1.165, 1.54) is 20.8 Å². The highest BCUT2D eigenvalue weighted by molar-refractivity contribution is 5.98. The molecule has 14 N–H and O–H groups in total. The summed E-state index contributed by atoms with van der Waals surface area (Å²) in [5.41, 5.74) is 10.9. The van der Waals surface area contributed by atoms with Crippen LogP contribution in [-0.2, 0) is 43.2 Å². The first kappa shape index (κ1) is 47.6. The first-order valence-electron chi connectivity index (χ1n) is 17.4. The van der Waals surface area contributed by atoms with E-state index in [1.807, 2.05) is 0 Å². The van der Waals surface area contributed by atoms with E-state index in [-0.39, 0.29) is 0 Å². The third kappa shape index (κ3) is 14.4. The molecule has 0 radical (unpaired) electrons. The lowest BCUT2D eigenvalue weighted by Crippen LogP contribution is -2.62. The number of hydrogen-bond donors (Lipinski definition) is 12. The number of hydrogen-bond acceptors (Lipinski definition) is 15. The lowest BCUT2D eigenvalue weighted by molar-refractivity contribution is -0.144. The van der Waals surface area contributed by atoms with Crippen molar-refractivity contribution in [3.8, 4) is 0 Å². The van der Waals surface area contributed by atoms with Crippen LogP contribution in [0.5, 0.6) is 0 Å². The average molecular weight is 774 g/mol. The molecule has 54 heavy (non-hydrogen) atoms. The van der Waals surface area contributed by atoms with Gasteiger partial charge in [-0.3, -0.25) is 43.2 Å². The summed E-state index contributed by atoms with van der Waals surface area (Å²) in [5, 5.41) is 62.9. The van der Waals surface area contributed by atoms with Crippen LogP contribution in [0.1, 0.15) is 60.3 Å². The predicted octanol–water partition coefficient (Wildman–Crippen LogP) is -6.23. The van der Waals surface area contributed by atoms with E-state index in [9.17, 15) is 68.7 Å². The Hall–Kier alpha value is -4.41. The van der Waals surface area contributed by atoms with Gasteiger partial charge in [0.2, 0.25) is 35.4 Å². The second-order valence-electron chi connectivity index (χ2n) is 13.9. The summed E-state index contributed by atoms with van der Waals surface area (Å²) in [7, 11) is 0. The van der Waals surface area contributed by atoms with Gasteiger partial charge in [-0.1, -0.05) is 20.8 Å². The van der Waals surface area contributed by atoms with E-state index in [2.05, 4.69) is 26.6 Å². The summed E-state index contributed by atoms with van der Waals surface area (Å²) >= 11 is 0. The van der Waals surface area contributed by atoms with Gasteiger partial charge < -0.3 is 63.6 Å². The lowest BCUT2D eigenvalue weighted by Gasteiger charge is -2.30. The fourth-order valence-corrected chi connectivity index (χ4v) is 5.25. The Morgan fingerprint density at radius 2 is 1.43 bits per heavy atom. The van der Waals surface area contributed by atoms with Crippen LogP contribution in [0, 0.1) is 23.7 Å². The van der Waals surface area contributed by atoms with E-state index in [0.717, 1.165) is 6.92 Å². The number of ketones is 3. The molecule has 0 aromatic carbocycles. The van der Waals surface area contributed by atoms with Crippen molar-refractivity contribution in [3.05, 3.63) is 0 Å². The number of aliphatic hydroxyl groups excluding tert-OH is 5. The maximum absolute atomic E-state index is 13.6. The van der Waals surface area contributed by atoms with Crippen LogP contribution in [0.3, 0.4) is 0 Å². The molecule has 0 saturated carbocycles. The van der Waals surface area contributed by atoms with Gasteiger partial charge in [0, 0.05) is 49.6 Å². The molecule has 1 heterocycles. The number of Topliss-reactive ketones (excluding diaryl/α,β-unsaturated/α-hetero) is 3. The highest BCUT2D eigenvalue weighted by atomic mass is 16.3. The molecule has 0 spiro atoms.